The number of aromatic nitrogens is 2. The zero-order chi connectivity index (χ0) is 26.9. The topological polar surface area (TPSA) is 58.6 Å². The number of amides is 1. The van der Waals surface area contributed by atoms with E-state index in [2.05, 4.69) is 9.97 Å². The summed E-state index contributed by atoms with van der Waals surface area (Å²) in [6, 6.07) is 7.81. The fourth-order valence-electron chi connectivity index (χ4n) is 4.47. The summed E-state index contributed by atoms with van der Waals surface area (Å²) < 4.78 is 58.1. The Bertz CT molecular complexity index is 1310. The van der Waals surface area contributed by atoms with E-state index in [1.807, 2.05) is 11.0 Å². The van der Waals surface area contributed by atoms with Crippen molar-refractivity contribution in [2.45, 2.75) is 24.7 Å². The number of benzene rings is 2. The predicted octanol–water partition coefficient (Wildman–Crippen LogP) is 5.69. The Balaban J connectivity index is 1.61. The van der Waals surface area contributed by atoms with Gasteiger partial charge in [0, 0.05) is 31.6 Å². The fraction of sp³-hybridized carbons (Fsp3) is 0.320. The van der Waals surface area contributed by atoms with Gasteiger partial charge >= 0.3 is 6.18 Å². The fourth-order valence-corrected chi connectivity index (χ4v) is 4.78. The minimum atomic E-state index is -4.78. The highest BCUT2D eigenvalue weighted by Crippen LogP contribution is 2.36. The summed E-state index contributed by atoms with van der Waals surface area (Å²) in [6.45, 7) is 0.743. The molecular weight excluding hydrogens is 535 g/mol. The van der Waals surface area contributed by atoms with Crippen LogP contribution < -0.4 is 4.74 Å². The molecule has 1 aliphatic rings. The third-order valence-electron chi connectivity index (χ3n) is 6.33. The Kier molecular flexibility index (Phi) is 7.91. The maximum absolute atomic E-state index is 14.2. The lowest BCUT2D eigenvalue weighted by Crippen LogP contribution is -2.38. The molecule has 1 amide bonds. The Hall–Kier alpha value is -2.95. The molecule has 196 valence electrons. The van der Waals surface area contributed by atoms with Gasteiger partial charge in [0.2, 0.25) is 5.88 Å². The third kappa shape index (κ3) is 5.97. The zero-order valence-electron chi connectivity index (χ0n) is 19.8. The van der Waals surface area contributed by atoms with Crippen LogP contribution >= 0.6 is 23.2 Å². The Morgan fingerprint density at radius 1 is 1.14 bits per heavy atom. The highest BCUT2D eigenvalue weighted by Gasteiger charge is 2.40. The molecule has 2 aromatic carbocycles. The van der Waals surface area contributed by atoms with Crippen molar-refractivity contribution in [3.8, 4) is 5.88 Å². The Morgan fingerprint density at radius 2 is 1.89 bits per heavy atom. The van der Waals surface area contributed by atoms with Gasteiger partial charge in [0.1, 0.15) is 5.82 Å². The minimum absolute atomic E-state index is 0.111. The summed E-state index contributed by atoms with van der Waals surface area (Å²) in [5.41, 5.74) is -0.00817. The van der Waals surface area contributed by atoms with Crippen molar-refractivity contribution < 1.29 is 27.1 Å². The van der Waals surface area contributed by atoms with Gasteiger partial charge in [-0.3, -0.25) is 14.7 Å². The molecule has 12 heteroatoms. The Labute approximate surface area is 220 Å². The van der Waals surface area contributed by atoms with Gasteiger partial charge in [-0.25, -0.2) is 9.37 Å². The summed E-state index contributed by atoms with van der Waals surface area (Å²) in [6.07, 6.45) is -2.04. The number of ether oxygens (including phenoxy) is 1. The largest absolute Gasteiger partial charge is 0.480 e. The van der Waals surface area contributed by atoms with Crippen molar-refractivity contribution in [1.82, 2.24) is 19.8 Å². The van der Waals surface area contributed by atoms with Gasteiger partial charge in [-0.1, -0.05) is 35.3 Å². The first kappa shape index (κ1) is 27.1. The van der Waals surface area contributed by atoms with Crippen LogP contribution in [0.1, 0.15) is 33.1 Å². The standard InChI is InChI=1S/C25H22Cl2F4N4O2/c1-34(11-14-3-5-17(20(28)7-14)25(29,30)31)22-13-35(24(36)21-9-32-10-23(33-21)37-2)12-16(22)15-4-6-18(26)19(27)8-15/h3-10,16,22H,11-13H2,1-2H3. The number of rotatable bonds is 6. The highest BCUT2D eigenvalue weighted by atomic mass is 35.5. The molecule has 2 atom stereocenters. The number of carbonyl (C=O) groups excluding carboxylic acids is 1. The number of likely N-dealkylation sites (N-methyl/N-ethyl adjacent to an activating group) is 1. The van der Waals surface area contributed by atoms with E-state index < -0.39 is 17.6 Å². The highest BCUT2D eigenvalue weighted by molar-refractivity contribution is 6.42. The number of halogens is 6. The molecule has 0 N–H and O–H groups in total. The summed E-state index contributed by atoms with van der Waals surface area (Å²) in [5, 5.41) is 0.738. The van der Waals surface area contributed by atoms with Crippen molar-refractivity contribution in [3.05, 3.63) is 87.0 Å². The maximum Gasteiger partial charge on any atom is 0.419 e. The average Bonchev–Trinajstić information content (AvgIpc) is 3.30. The molecule has 0 saturated carbocycles. The normalized spacial score (nSPS) is 17.9. The first-order chi connectivity index (χ1) is 17.5. The van der Waals surface area contributed by atoms with Crippen LogP contribution in [0.4, 0.5) is 17.6 Å². The molecule has 37 heavy (non-hydrogen) atoms. The summed E-state index contributed by atoms with van der Waals surface area (Å²) in [4.78, 5) is 24.9. The van der Waals surface area contributed by atoms with E-state index in [1.54, 1.807) is 24.1 Å². The van der Waals surface area contributed by atoms with Crippen molar-refractivity contribution in [3.63, 3.8) is 0 Å². The van der Waals surface area contributed by atoms with Crippen LogP contribution in [0, 0.1) is 5.82 Å². The van der Waals surface area contributed by atoms with Crippen LogP contribution in [0.2, 0.25) is 10.0 Å². The van der Waals surface area contributed by atoms with E-state index in [-0.39, 0.29) is 42.5 Å². The van der Waals surface area contributed by atoms with Gasteiger partial charge in [0.15, 0.2) is 5.69 Å². The van der Waals surface area contributed by atoms with E-state index in [0.29, 0.717) is 22.2 Å². The number of alkyl halides is 3. The molecule has 1 saturated heterocycles. The smallest absolute Gasteiger partial charge is 0.419 e. The van der Waals surface area contributed by atoms with Crippen LogP contribution in [-0.2, 0) is 12.7 Å². The molecule has 1 aliphatic heterocycles. The number of hydrogen-bond donors (Lipinski definition) is 0. The van der Waals surface area contributed by atoms with E-state index >= 15 is 0 Å². The summed E-state index contributed by atoms with van der Waals surface area (Å²) >= 11 is 12.3. The van der Waals surface area contributed by atoms with Crippen molar-refractivity contribution >= 4 is 29.1 Å². The number of methoxy groups -OCH3 is 1. The molecule has 0 radical (unpaired) electrons. The lowest BCUT2D eigenvalue weighted by molar-refractivity contribution is -0.140. The first-order valence-corrected chi connectivity index (χ1v) is 11.9. The van der Waals surface area contributed by atoms with E-state index in [4.69, 9.17) is 27.9 Å². The van der Waals surface area contributed by atoms with Crippen molar-refractivity contribution in [1.29, 1.82) is 0 Å². The predicted molar refractivity (Wildman–Crippen MR) is 130 cm³/mol. The summed E-state index contributed by atoms with van der Waals surface area (Å²) in [5.74, 6) is -1.71. The molecular formula is C25H22Cl2F4N4O2. The second-order valence-electron chi connectivity index (χ2n) is 8.73. The van der Waals surface area contributed by atoms with E-state index in [1.165, 1.54) is 25.6 Å². The molecule has 1 fully saturated rings. The van der Waals surface area contributed by atoms with Gasteiger partial charge < -0.3 is 9.64 Å². The number of carbonyl (C=O) groups is 1. The monoisotopic (exact) mass is 556 g/mol. The number of hydrogen-bond acceptors (Lipinski definition) is 5. The van der Waals surface area contributed by atoms with Crippen LogP contribution in [0.5, 0.6) is 5.88 Å². The Morgan fingerprint density at radius 3 is 2.54 bits per heavy atom. The van der Waals surface area contributed by atoms with E-state index in [9.17, 15) is 22.4 Å². The number of nitrogens with zero attached hydrogens (tertiary/aromatic N) is 4. The maximum atomic E-state index is 14.2. The quantitative estimate of drug-likeness (QED) is 0.365. The second-order valence-corrected chi connectivity index (χ2v) is 9.55. The molecule has 0 bridgehead atoms. The second kappa shape index (κ2) is 10.8. The van der Waals surface area contributed by atoms with Crippen LogP contribution in [-0.4, -0.2) is 59.0 Å². The van der Waals surface area contributed by atoms with E-state index in [0.717, 1.165) is 17.7 Å². The van der Waals surface area contributed by atoms with Gasteiger partial charge in [-0.05, 0) is 42.4 Å². The molecule has 1 aromatic heterocycles. The zero-order valence-corrected chi connectivity index (χ0v) is 21.3. The van der Waals surface area contributed by atoms with Gasteiger partial charge in [0.05, 0.1) is 35.1 Å². The molecule has 0 spiro atoms. The van der Waals surface area contributed by atoms with Gasteiger partial charge in [-0.2, -0.15) is 13.2 Å². The lowest BCUT2D eigenvalue weighted by atomic mass is 9.93. The molecule has 2 heterocycles. The van der Waals surface area contributed by atoms with Crippen molar-refractivity contribution in [2.24, 2.45) is 0 Å². The molecule has 3 aromatic rings. The van der Waals surface area contributed by atoms with Crippen LogP contribution in [0.15, 0.2) is 48.8 Å². The molecule has 4 rings (SSSR count). The first-order valence-electron chi connectivity index (χ1n) is 11.1. The van der Waals surface area contributed by atoms with Gasteiger partial charge in [0.25, 0.3) is 5.91 Å². The van der Waals surface area contributed by atoms with Gasteiger partial charge in [-0.15, -0.1) is 0 Å². The molecule has 0 aliphatic carbocycles. The average molecular weight is 557 g/mol. The number of likely N-dealkylation sites (tertiary alicyclic amines) is 1. The summed E-state index contributed by atoms with van der Waals surface area (Å²) in [7, 11) is 3.19. The SMILES string of the molecule is COc1cncc(C(=O)N2CC(c3ccc(Cl)c(Cl)c3)C(N(C)Cc3ccc(C(F)(F)F)c(F)c3)C2)n1. The molecule has 6 nitrogen and oxygen atoms in total. The minimum Gasteiger partial charge on any atom is -0.480 e. The molecule has 2 unspecified atom stereocenters. The van der Waals surface area contributed by atoms with Crippen LogP contribution in [0.25, 0.3) is 0 Å². The van der Waals surface area contributed by atoms with Crippen molar-refractivity contribution in [2.75, 3.05) is 27.2 Å². The third-order valence-corrected chi connectivity index (χ3v) is 7.06. The lowest BCUT2D eigenvalue weighted by Gasteiger charge is -2.29. The van der Waals surface area contributed by atoms with Crippen LogP contribution in [0.3, 0.4) is 0 Å².